The van der Waals surface area contributed by atoms with Gasteiger partial charge in [0, 0.05) is 16.6 Å². The van der Waals surface area contributed by atoms with Crippen molar-refractivity contribution in [3.8, 4) is 0 Å². The van der Waals surface area contributed by atoms with Crippen molar-refractivity contribution in [3.63, 3.8) is 0 Å². The molecule has 0 saturated heterocycles. The summed E-state index contributed by atoms with van der Waals surface area (Å²) in [5, 5.41) is 7.14. The van der Waals surface area contributed by atoms with Gasteiger partial charge in [0.15, 0.2) is 0 Å². The SMILES string of the molecule is Cc1ccsc1/C=N/NC(=O)Cn1ccc2ccccc21. The zero-order valence-corrected chi connectivity index (χ0v) is 12.4. The molecule has 0 saturated carbocycles. The van der Waals surface area contributed by atoms with E-state index in [9.17, 15) is 4.79 Å². The Labute approximate surface area is 126 Å². The van der Waals surface area contributed by atoms with Gasteiger partial charge >= 0.3 is 0 Å². The molecule has 2 aromatic heterocycles. The Morgan fingerprint density at radius 1 is 1.33 bits per heavy atom. The highest BCUT2D eigenvalue weighted by atomic mass is 32.1. The van der Waals surface area contributed by atoms with Gasteiger partial charge < -0.3 is 4.57 Å². The Bertz CT molecular complexity index is 801. The van der Waals surface area contributed by atoms with E-state index in [1.54, 1.807) is 17.6 Å². The van der Waals surface area contributed by atoms with E-state index in [1.165, 1.54) is 0 Å². The zero-order chi connectivity index (χ0) is 14.7. The normalized spacial score (nSPS) is 11.3. The van der Waals surface area contributed by atoms with Gasteiger partial charge in [0.1, 0.15) is 6.54 Å². The average Bonchev–Trinajstić information content (AvgIpc) is 3.07. The van der Waals surface area contributed by atoms with Crippen molar-refractivity contribution in [2.24, 2.45) is 5.10 Å². The number of para-hydroxylation sites is 1. The summed E-state index contributed by atoms with van der Waals surface area (Å²) in [5.41, 5.74) is 4.78. The molecule has 0 unspecified atom stereocenters. The topological polar surface area (TPSA) is 46.4 Å². The van der Waals surface area contributed by atoms with Crippen LogP contribution in [-0.4, -0.2) is 16.7 Å². The maximum atomic E-state index is 11.9. The third-order valence-electron chi connectivity index (χ3n) is 3.27. The molecule has 0 bridgehead atoms. The predicted molar refractivity (Wildman–Crippen MR) is 86.7 cm³/mol. The molecule has 4 nitrogen and oxygen atoms in total. The Morgan fingerprint density at radius 2 is 2.19 bits per heavy atom. The van der Waals surface area contributed by atoms with Gasteiger partial charge in [0.05, 0.1) is 6.21 Å². The lowest BCUT2D eigenvalue weighted by molar-refractivity contribution is -0.121. The third kappa shape index (κ3) is 3.03. The number of aromatic nitrogens is 1. The highest BCUT2D eigenvalue weighted by molar-refractivity contribution is 7.11. The van der Waals surface area contributed by atoms with Crippen molar-refractivity contribution in [1.82, 2.24) is 9.99 Å². The molecule has 0 aliphatic carbocycles. The number of benzene rings is 1. The lowest BCUT2D eigenvalue weighted by Crippen LogP contribution is -2.22. The monoisotopic (exact) mass is 297 g/mol. The van der Waals surface area contributed by atoms with E-state index in [0.717, 1.165) is 21.3 Å². The molecule has 2 heterocycles. The molecule has 3 rings (SSSR count). The molecule has 106 valence electrons. The summed E-state index contributed by atoms with van der Waals surface area (Å²) >= 11 is 1.60. The molecule has 0 fully saturated rings. The van der Waals surface area contributed by atoms with E-state index in [-0.39, 0.29) is 12.5 Å². The van der Waals surface area contributed by atoms with E-state index in [0.29, 0.717) is 0 Å². The molecule has 5 heteroatoms. The van der Waals surface area contributed by atoms with Crippen LogP contribution < -0.4 is 5.43 Å². The second-order valence-electron chi connectivity index (χ2n) is 4.76. The number of carbonyl (C=O) groups excluding carboxylic acids is 1. The Morgan fingerprint density at radius 3 is 3.00 bits per heavy atom. The van der Waals surface area contributed by atoms with E-state index >= 15 is 0 Å². The average molecular weight is 297 g/mol. The standard InChI is InChI=1S/C16H15N3OS/c1-12-7-9-21-15(12)10-17-18-16(20)11-19-8-6-13-4-2-3-5-14(13)19/h2-10H,11H2,1H3,(H,18,20)/b17-10+. The highest BCUT2D eigenvalue weighted by Gasteiger charge is 2.05. The third-order valence-corrected chi connectivity index (χ3v) is 4.22. The first kappa shape index (κ1) is 13.6. The Kier molecular flexibility index (Phi) is 3.83. The summed E-state index contributed by atoms with van der Waals surface area (Å²) in [6.45, 7) is 2.28. The van der Waals surface area contributed by atoms with Gasteiger partial charge in [-0.3, -0.25) is 4.79 Å². The summed E-state index contributed by atoms with van der Waals surface area (Å²) in [6, 6.07) is 12.0. The highest BCUT2D eigenvalue weighted by Crippen LogP contribution is 2.14. The molecule has 0 spiro atoms. The number of thiophene rings is 1. The second kappa shape index (κ2) is 5.93. The molecule has 1 N–H and O–H groups in total. The van der Waals surface area contributed by atoms with Gasteiger partial charge in [0.25, 0.3) is 5.91 Å². The van der Waals surface area contributed by atoms with Gasteiger partial charge in [0.2, 0.25) is 0 Å². The molecule has 0 radical (unpaired) electrons. The molecule has 1 amide bonds. The molecular weight excluding hydrogens is 282 g/mol. The molecule has 0 atom stereocenters. The fraction of sp³-hybridized carbons (Fsp3) is 0.125. The van der Waals surface area contributed by atoms with Crippen LogP contribution in [0.2, 0.25) is 0 Å². The number of nitrogens with zero attached hydrogens (tertiary/aromatic N) is 2. The maximum absolute atomic E-state index is 11.9. The van der Waals surface area contributed by atoms with Crippen molar-refractivity contribution in [3.05, 3.63) is 58.4 Å². The summed E-state index contributed by atoms with van der Waals surface area (Å²) in [7, 11) is 0. The van der Waals surface area contributed by atoms with E-state index in [1.807, 2.05) is 59.5 Å². The summed E-state index contributed by atoms with van der Waals surface area (Å²) in [4.78, 5) is 13.0. The minimum Gasteiger partial charge on any atom is -0.338 e. The lowest BCUT2D eigenvalue weighted by atomic mass is 10.2. The first-order valence-corrected chi connectivity index (χ1v) is 7.52. The fourth-order valence-corrected chi connectivity index (χ4v) is 2.93. The number of carbonyl (C=O) groups is 1. The van der Waals surface area contributed by atoms with Crippen LogP contribution in [0.5, 0.6) is 0 Å². The molecule has 0 aliphatic heterocycles. The molecule has 21 heavy (non-hydrogen) atoms. The number of hydrogen-bond donors (Lipinski definition) is 1. The number of rotatable bonds is 4. The zero-order valence-electron chi connectivity index (χ0n) is 11.6. The number of fused-ring (bicyclic) bond motifs is 1. The van der Waals surface area contributed by atoms with Gasteiger partial charge in [-0.1, -0.05) is 18.2 Å². The van der Waals surface area contributed by atoms with Crippen LogP contribution in [-0.2, 0) is 11.3 Å². The van der Waals surface area contributed by atoms with Crippen molar-refractivity contribution in [2.75, 3.05) is 0 Å². The van der Waals surface area contributed by atoms with Crippen LogP contribution in [0.3, 0.4) is 0 Å². The van der Waals surface area contributed by atoms with Gasteiger partial charge in [-0.25, -0.2) is 5.43 Å². The van der Waals surface area contributed by atoms with Crippen molar-refractivity contribution < 1.29 is 4.79 Å². The fourth-order valence-electron chi connectivity index (χ4n) is 2.15. The number of amides is 1. The van der Waals surface area contributed by atoms with E-state index in [2.05, 4.69) is 10.5 Å². The van der Waals surface area contributed by atoms with Crippen LogP contribution in [0.15, 0.2) is 53.1 Å². The number of hydrazone groups is 1. The summed E-state index contributed by atoms with van der Waals surface area (Å²) in [5.74, 6) is -0.137. The molecular formula is C16H15N3OS. The smallest absolute Gasteiger partial charge is 0.259 e. The predicted octanol–water partition coefficient (Wildman–Crippen LogP) is 3.16. The first-order chi connectivity index (χ1) is 10.2. The lowest BCUT2D eigenvalue weighted by Gasteiger charge is -2.03. The first-order valence-electron chi connectivity index (χ1n) is 6.64. The minimum absolute atomic E-state index is 0.137. The number of nitrogens with one attached hydrogen (secondary N) is 1. The van der Waals surface area contributed by atoms with E-state index in [4.69, 9.17) is 0 Å². The number of aryl methyl sites for hydroxylation is 1. The van der Waals surface area contributed by atoms with Crippen LogP contribution in [0.4, 0.5) is 0 Å². The summed E-state index contributed by atoms with van der Waals surface area (Å²) < 4.78 is 1.91. The van der Waals surface area contributed by atoms with Gasteiger partial charge in [-0.05, 0) is 41.5 Å². The molecule has 3 aromatic rings. The maximum Gasteiger partial charge on any atom is 0.259 e. The van der Waals surface area contributed by atoms with Crippen LogP contribution in [0.1, 0.15) is 10.4 Å². The van der Waals surface area contributed by atoms with Crippen LogP contribution in [0, 0.1) is 6.92 Å². The van der Waals surface area contributed by atoms with Crippen molar-refractivity contribution >= 4 is 34.4 Å². The molecule has 1 aromatic carbocycles. The van der Waals surface area contributed by atoms with E-state index < -0.39 is 0 Å². The minimum atomic E-state index is -0.137. The van der Waals surface area contributed by atoms with Crippen LogP contribution in [0.25, 0.3) is 10.9 Å². The van der Waals surface area contributed by atoms with Crippen LogP contribution >= 0.6 is 11.3 Å². The molecule has 0 aliphatic rings. The van der Waals surface area contributed by atoms with Crippen molar-refractivity contribution in [2.45, 2.75) is 13.5 Å². The summed E-state index contributed by atoms with van der Waals surface area (Å²) in [6.07, 6.45) is 3.60. The Balaban J connectivity index is 1.64. The number of hydrogen-bond acceptors (Lipinski definition) is 3. The van der Waals surface area contributed by atoms with Crippen molar-refractivity contribution in [1.29, 1.82) is 0 Å². The van der Waals surface area contributed by atoms with Gasteiger partial charge in [-0.2, -0.15) is 5.10 Å². The second-order valence-corrected chi connectivity index (χ2v) is 5.71. The largest absolute Gasteiger partial charge is 0.338 e. The quantitative estimate of drug-likeness (QED) is 0.583. The van der Waals surface area contributed by atoms with Gasteiger partial charge in [-0.15, -0.1) is 11.3 Å². The Hall–Kier alpha value is -2.40.